The van der Waals surface area contributed by atoms with Gasteiger partial charge in [-0.1, -0.05) is 20.3 Å². The number of aliphatic hydroxyl groups is 1. The highest BCUT2D eigenvalue weighted by molar-refractivity contribution is 4.78. The summed E-state index contributed by atoms with van der Waals surface area (Å²) in [5, 5.41) is 9.44. The second kappa shape index (κ2) is 6.41. The number of hydrogen-bond donors (Lipinski definition) is 1. The fraction of sp³-hybridized carbons (Fsp3) is 1.00. The van der Waals surface area contributed by atoms with Crippen LogP contribution in [-0.2, 0) is 0 Å². The predicted octanol–water partition coefficient (Wildman–Crippen LogP) is 2.41. The first-order chi connectivity index (χ1) is 6.77. The largest absolute Gasteiger partial charge is 0.393 e. The smallest absolute Gasteiger partial charge is 0.0541 e. The second-order valence-corrected chi connectivity index (χ2v) is 4.44. The minimum Gasteiger partial charge on any atom is -0.393 e. The lowest BCUT2D eigenvalue weighted by atomic mass is 9.92. The van der Waals surface area contributed by atoms with E-state index in [4.69, 9.17) is 0 Å². The minimum atomic E-state index is -0.0175. The molecule has 0 bridgehead atoms. The maximum absolute atomic E-state index is 9.44. The third-order valence-corrected chi connectivity index (χ3v) is 3.39. The van der Waals surface area contributed by atoms with Crippen LogP contribution in [0.25, 0.3) is 0 Å². The van der Waals surface area contributed by atoms with Crippen molar-refractivity contribution < 1.29 is 5.11 Å². The highest BCUT2D eigenvalue weighted by atomic mass is 16.3. The maximum atomic E-state index is 9.44. The van der Waals surface area contributed by atoms with Gasteiger partial charge >= 0.3 is 0 Å². The Morgan fingerprint density at radius 3 is 2.29 bits per heavy atom. The van der Waals surface area contributed by atoms with Crippen LogP contribution < -0.4 is 0 Å². The van der Waals surface area contributed by atoms with Crippen molar-refractivity contribution in [2.45, 2.75) is 64.5 Å². The summed E-state index contributed by atoms with van der Waals surface area (Å²) in [7, 11) is 0. The van der Waals surface area contributed by atoms with Crippen LogP contribution in [-0.4, -0.2) is 35.2 Å². The van der Waals surface area contributed by atoms with Gasteiger partial charge in [-0.25, -0.2) is 0 Å². The van der Waals surface area contributed by atoms with E-state index in [2.05, 4.69) is 18.7 Å². The molecular weight excluding hydrogens is 174 g/mol. The lowest BCUT2D eigenvalue weighted by molar-refractivity contribution is 0.0753. The molecule has 1 aliphatic carbocycles. The number of unbranched alkanes of at least 4 members (excludes halogenated alkanes) is 1. The summed E-state index contributed by atoms with van der Waals surface area (Å²) in [5.41, 5.74) is 0. The van der Waals surface area contributed by atoms with Crippen LogP contribution in [0.1, 0.15) is 52.4 Å². The Kier molecular flexibility index (Phi) is 5.49. The van der Waals surface area contributed by atoms with Crippen molar-refractivity contribution in [1.82, 2.24) is 4.90 Å². The molecule has 0 saturated heterocycles. The minimum absolute atomic E-state index is 0.0175. The van der Waals surface area contributed by atoms with Crippen LogP contribution in [0.2, 0.25) is 0 Å². The van der Waals surface area contributed by atoms with Crippen molar-refractivity contribution in [3.8, 4) is 0 Å². The van der Waals surface area contributed by atoms with Crippen LogP contribution in [0, 0.1) is 0 Å². The average molecular weight is 199 g/mol. The molecule has 1 N–H and O–H groups in total. The van der Waals surface area contributed by atoms with E-state index < -0.39 is 0 Å². The molecule has 1 saturated carbocycles. The summed E-state index contributed by atoms with van der Waals surface area (Å²) in [6, 6.07) is 0.745. The molecule has 1 aliphatic rings. The monoisotopic (exact) mass is 199 g/mol. The summed E-state index contributed by atoms with van der Waals surface area (Å²) >= 11 is 0. The van der Waals surface area contributed by atoms with Gasteiger partial charge in [-0.05, 0) is 45.2 Å². The first-order valence-electron chi connectivity index (χ1n) is 6.20. The van der Waals surface area contributed by atoms with Gasteiger partial charge in [-0.3, -0.25) is 0 Å². The zero-order valence-electron chi connectivity index (χ0n) is 9.71. The van der Waals surface area contributed by atoms with Gasteiger partial charge in [0.25, 0.3) is 0 Å². The van der Waals surface area contributed by atoms with E-state index in [-0.39, 0.29) is 6.10 Å². The molecule has 1 fully saturated rings. The van der Waals surface area contributed by atoms with Crippen LogP contribution in [0.4, 0.5) is 0 Å². The molecule has 0 aromatic rings. The third-order valence-electron chi connectivity index (χ3n) is 3.39. The van der Waals surface area contributed by atoms with Crippen molar-refractivity contribution in [3.63, 3.8) is 0 Å². The van der Waals surface area contributed by atoms with Gasteiger partial charge in [-0.15, -0.1) is 0 Å². The molecule has 0 heterocycles. The van der Waals surface area contributed by atoms with Gasteiger partial charge in [0, 0.05) is 6.04 Å². The van der Waals surface area contributed by atoms with Crippen LogP contribution in [0.3, 0.4) is 0 Å². The zero-order valence-corrected chi connectivity index (χ0v) is 9.71. The molecule has 0 radical (unpaired) electrons. The molecule has 0 aromatic carbocycles. The fourth-order valence-electron chi connectivity index (χ4n) is 2.38. The molecule has 2 heteroatoms. The molecule has 0 atom stereocenters. The molecular formula is C12H25NO. The van der Waals surface area contributed by atoms with Crippen LogP contribution in [0.15, 0.2) is 0 Å². The number of rotatable bonds is 5. The average Bonchev–Trinajstić information content (AvgIpc) is 2.21. The van der Waals surface area contributed by atoms with E-state index in [1.807, 2.05) is 0 Å². The Morgan fingerprint density at radius 2 is 1.79 bits per heavy atom. The first kappa shape index (κ1) is 12.0. The molecule has 2 nitrogen and oxygen atoms in total. The molecule has 1 rings (SSSR count). The molecule has 14 heavy (non-hydrogen) atoms. The molecule has 84 valence electrons. The van der Waals surface area contributed by atoms with Crippen molar-refractivity contribution in [2.75, 3.05) is 13.1 Å². The van der Waals surface area contributed by atoms with Gasteiger partial charge in [0.2, 0.25) is 0 Å². The highest BCUT2D eigenvalue weighted by Crippen LogP contribution is 2.23. The Balaban J connectivity index is 2.29. The maximum Gasteiger partial charge on any atom is 0.0541 e. The quantitative estimate of drug-likeness (QED) is 0.735. The molecule has 0 aromatic heterocycles. The van der Waals surface area contributed by atoms with E-state index in [9.17, 15) is 5.11 Å². The summed E-state index contributed by atoms with van der Waals surface area (Å²) in [6.07, 6.45) is 6.98. The summed E-state index contributed by atoms with van der Waals surface area (Å²) in [4.78, 5) is 2.59. The van der Waals surface area contributed by atoms with E-state index in [0.717, 1.165) is 18.9 Å². The summed E-state index contributed by atoms with van der Waals surface area (Å²) < 4.78 is 0. The second-order valence-electron chi connectivity index (χ2n) is 4.44. The topological polar surface area (TPSA) is 23.5 Å². The van der Waals surface area contributed by atoms with Crippen molar-refractivity contribution >= 4 is 0 Å². The third kappa shape index (κ3) is 3.58. The highest BCUT2D eigenvalue weighted by Gasteiger charge is 2.23. The van der Waals surface area contributed by atoms with Gasteiger partial charge < -0.3 is 10.0 Å². The van der Waals surface area contributed by atoms with E-state index >= 15 is 0 Å². The van der Waals surface area contributed by atoms with Crippen molar-refractivity contribution in [1.29, 1.82) is 0 Å². The van der Waals surface area contributed by atoms with Gasteiger partial charge in [0.1, 0.15) is 0 Å². The van der Waals surface area contributed by atoms with E-state index in [1.54, 1.807) is 0 Å². The predicted molar refractivity (Wildman–Crippen MR) is 60.4 cm³/mol. The molecule has 0 aliphatic heterocycles. The SMILES string of the molecule is CCCCN(CC)C1CCC(O)CC1. The van der Waals surface area contributed by atoms with E-state index in [1.165, 1.54) is 38.8 Å². The van der Waals surface area contributed by atoms with Crippen LogP contribution >= 0.6 is 0 Å². The lowest BCUT2D eigenvalue weighted by Crippen LogP contribution is -2.39. The summed E-state index contributed by atoms with van der Waals surface area (Å²) in [5.74, 6) is 0. The number of hydrogen-bond acceptors (Lipinski definition) is 2. The Labute approximate surface area is 88.3 Å². The number of aliphatic hydroxyl groups excluding tert-OH is 1. The fourth-order valence-corrected chi connectivity index (χ4v) is 2.38. The van der Waals surface area contributed by atoms with Crippen molar-refractivity contribution in [3.05, 3.63) is 0 Å². The standard InChI is InChI=1S/C12H25NO/c1-3-5-10-13(4-2)11-6-8-12(14)9-7-11/h11-12,14H,3-10H2,1-2H3. The normalized spacial score (nSPS) is 28.3. The van der Waals surface area contributed by atoms with Crippen LogP contribution in [0.5, 0.6) is 0 Å². The zero-order chi connectivity index (χ0) is 10.4. The Morgan fingerprint density at radius 1 is 1.14 bits per heavy atom. The molecule has 0 amide bonds. The molecule has 0 unspecified atom stereocenters. The van der Waals surface area contributed by atoms with E-state index in [0.29, 0.717) is 0 Å². The lowest BCUT2D eigenvalue weighted by Gasteiger charge is -2.35. The van der Waals surface area contributed by atoms with Gasteiger partial charge in [-0.2, -0.15) is 0 Å². The number of nitrogens with zero attached hydrogens (tertiary/aromatic N) is 1. The first-order valence-corrected chi connectivity index (χ1v) is 6.20. The molecule has 0 spiro atoms. The Bertz CT molecular complexity index is 139. The van der Waals surface area contributed by atoms with Gasteiger partial charge in [0.05, 0.1) is 6.10 Å². The van der Waals surface area contributed by atoms with Gasteiger partial charge in [0.15, 0.2) is 0 Å². The Hall–Kier alpha value is -0.0800. The van der Waals surface area contributed by atoms with Crippen molar-refractivity contribution in [2.24, 2.45) is 0 Å². The summed E-state index contributed by atoms with van der Waals surface area (Å²) in [6.45, 7) is 6.91.